The molecule has 0 aliphatic carbocycles. The Kier molecular flexibility index (Phi) is 13.1. The minimum absolute atomic E-state index is 1.25. The smallest absolute Gasteiger partial charge is 0.204 e. The largest absolute Gasteiger partial charge is 0.449 e. The van der Waals surface area contributed by atoms with Gasteiger partial charge in [0.2, 0.25) is 16.6 Å². The van der Waals surface area contributed by atoms with Crippen molar-refractivity contribution in [2.45, 2.75) is 103 Å². The Bertz CT molecular complexity index is 269. The maximum absolute atomic E-state index is 7.17. The summed E-state index contributed by atoms with van der Waals surface area (Å²) in [6.07, 6.45) is 10.1. The molecule has 0 fully saturated rings. The predicted octanol–water partition coefficient (Wildman–Crippen LogP) is 7.54. The van der Waals surface area contributed by atoms with E-state index in [9.17, 15) is 0 Å². The van der Waals surface area contributed by atoms with Gasteiger partial charge in [-0.2, -0.15) is 0 Å². The highest BCUT2D eigenvalue weighted by Gasteiger charge is 2.40. The van der Waals surface area contributed by atoms with Crippen LogP contribution in [-0.2, 0) is 4.12 Å². The molecule has 0 heterocycles. The van der Waals surface area contributed by atoms with Crippen molar-refractivity contribution in [3.8, 4) is 0 Å². The average Bonchev–Trinajstić information content (AvgIpc) is 2.60. The van der Waals surface area contributed by atoms with Gasteiger partial charge in [-0.15, -0.1) is 13.2 Å². The Hall–Kier alpha value is -0.126. The van der Waals surface area contributed by atoms with Gasteiger partial charge in [-0.05, 0) is 24.2 Å². The lowest BCUT2D eigenvalue weighted by atomic mass is 10.4. The highest BCUT2D eigenvalue weighted by molar-refractivity contribution is 6.91. The molecule has 3 heteroatoms. The first kappa shape index (κ1) is 22.9. The Morgan fingerprint density at radius 2 is 0.870 bits per heavy atom. The summed E-state index contributed by atoms with van der Waals surface area (Å²) in [5.74, 6) is 0. The second-order valence-electron chi connectivity index (χ2n) is 7.05. The SMILES string of the molecule is C=C[Si](CCCC)(CCCC)O[Si](C=C)(CCCC)CCCC. The van der Waals surface area contributed by atoms with Gasteiger partial charge in [-0.1, -0.05) is 90.5 Å². The van der Waals surface area contributed by atoms with Crippen molar-refractivity contribution in [3.05, 3.63) is 24.6 Å². The van der Waals surface area contributed by atoms with Crippen LogP contribution >= 0.6 is 0 Å². The molecule has 0 N–H and O–H groups in total. The van der Waals surface area contributed by atoms with Crippen LogP contribution in [0.2, 0.25) is 24.2 Å². The second-order valence-corrected chi connectivity index (χ2v) is 14.9. The topological polar surface area (TPSA) is 9.23 Å². The minimum atomic E-state index is -1.81. The fourth-order valence-corrected chi connectivity index (χ4v) is 13.9. The normalized spacial score (nSPS) is 12.3. The van der Waals surface area contributed by atoms with E-state index in [1.54, 1.807) is 0 Å². The molecule has 0 aromatic carbocycles. The Morgan fingerprint density at radius 3 is 1.04 bits per heavy atom. The molecule has 0 radical (unpaired) electrons. The molecule has 0 spiro atoms. The van der Waals surface area contributed by atoms with Crippen LogP contribution in [0.25, 0.3) is 0 Å². The molecule has 0 saturated heterocycles. The van der Waals surface area contributed by atoms with Crippen molar-refractivity contribution < 1.29 is 4.12 Å². The number of hydrogen-bond donors (Lipinski definition) is 0. The van der Waals surface area contributed by atoms with Crippen LogP contribution in [0.1, 0.15) is 79.1 Å². The molecule has 0 saturated carbocycles. The van der Waals surface area contributed by atoms with Gasteiger partial charge in [0.15, 0.2) is 0 Å². The highest BCUT2D eigenvalue weighted by atomic mass is 28.4. The zero-order chi connectivity index (χ0) is 17.6. The molecule has 0 rings (SSSR count). The fourth-order valence-electron chi connectivity index (χ4n) is 3.25. The second kappa shape index (κ2) is 13.2. The summed E-state index contributed by atoms with van der Waals surface area (Å²) in [7, 11) is -3.63. The molecule has 0 aliphatic rings. The lowest BCUT2D eigenvalue weighted by Crippen LogP contribution is -2.50. The van der Waals surface area contributed by atoms with Crippen LogP contribution in [-0.4, -0.2) is 16.6 Å². The molecule has 0 aromatic rings. The Morgan fingerprint density at radius 1 is 0.609 bits per heavy atom. The Labute approximate surface area is 148 Å². The maximum Gasteiger partial charge on any atom is 0.204 e. The molecule has 0 aliphatic heterocycles. The monoisotopic (exact) mass is 354 g/mol. The maximum atomic E-state index is 7.17. The third-order valence-electron chi connectivity index (χ3n) is 4.96. The first-order chi connectivity index (χ1) is 11.1. The molecule has 0 atom stereocenters. The summed E-state index contributed by atoms with van der Waals surface area (Å²) < 4.78 is 7.17. The Balaban J connectivity index is 5.33. The fraction of sp³-hybridized carbons (Fsp3) is 0.800. The third kappa shape index (κ3) is 8.50. The molecule has 23 heavy (non-hydrogen) atoms. The van der Waals surface area contributed by atoms with Crippen LogP contribution in [0.15, 0.2) is 24.6 Å². The lowest BCUT2D eigenvalue weighted by Gasteiger charge is -2.40. The van der Waals surface area contributed by atoms with Crippen molar-refractivity contribution >= 4 is 16.6 Å². The first-order valence-corrected chi connectivity index (χ1v) is 14.8. The average molecular weight is 355 g/mol. The van der Waals surface area contributed by atoms with Crippen LogP contribution in [0.4, 0.5) is 0 Å². The summed E-state index contributed by atoms with van der Waals surface area (Å²) >= 11 is 0. The van der Waals surface area contributed by atoms with E-state index in [1.165, 1.54) is 75.5 Å². The van der Waals surface area contributed by atoms with Crippen molar-refractivity contribution in [2.24, 2.45) is 0 Å². The molecule has 0 aromatic heterocycles. The summed E-state index contributed by atoms with van der Waals surface area (Å²) in [5.41, 5.74) is 4.53. The van der Waals surface area contributed by atoms with Crippen LogP contribution in [0, 0.1) is 0 Å². The molecule has 1 nitrogen and oxygen atoms in total. The lowest BCUT2D eigenvalue weighted by molar-refractivity contribution is 0.512. The highest BCUT2D eigenvalue weighted by Crippen LogP contribution is 2.34. The van der Waals surface area contributed by atoms with E-state index in [0.29, 0.717) is 0 Å². The van der Waals surface area contributed by atoms with Gasteiger partial charge in [0, 0.05) is 0 Å². The van der Waals surface area contributed by atoms with Gasteiger partial charge in [0.05, 0.1) is 0 Å². The van der Waals surface area contributed by atoms with E-state index in [-0.39, 0.29) is 0 Å². The zero-order valence-electron chi connectivity index (χ0n) is 16.5. The molecular formula is C20H42OSi2. The first-order valence-electron chi connectivity index (χ1n) is 10.0. The van der Waals surface area contributed by atoms with E-state index in [4.69, 9.17) is 4.12 Å². The van der Waals surface area contributed by atoms with E-state index >= 15 is 0 Å². The van der Waals surface area contributed by atoms with Gasteiger partial charge in [0.25, 0.3) is 0 Å². The van der Waals surface area contributed by atoms with Crippen molar-refractivity contribution in [3.63, 3.8) is 0 Å². The summed E-state index contributed by atoms with van der Waals surface area (Å²) in [6.45, 7) is 17.6. The van der Waals surface area contributed by atoms with Gasteiger partial charge < -0.3 is 4.12 Å². The van der Waals surface area contributed by atoms with Crippen LogP contribution in [0.3, 0.4) is 0 Å². The molecule has 0 bridgehead atoms. The van der Waals surface area contributed by atoms with E-state index in [2.05, 4.69) is 52.3 Å². The molecule has 0 unspecified atom stereocenters. The summed E-state index contributed by atoms with van der Waals surface area (Å²) in [4.78, 5) is 0. The van der Waals surface area contributed by atoms with Gasteiger partial charge in [0.1, 0.15) is 0 Å². The van der Waals surface area contributed by atoms with E-state index in [1.807, 2.05) is 0 Å². The number of unbranched alkanes of at least 4 members (excludes halogenated alkanes) is 4. The van der Waals surface area contributed by atoms with Crippen molar-refractivity contribution in [2.75, 3.05) is 0 Å². The van der Waals surface area contributed by atoms with Crippen molar-refractivity contribution in [1.82, 2.24) is 0 Å². The van der Waals surface area contributed by atoms with Gasteiger partial charge >= 0.3 is 0 Å². The van der Waals surface area contributed by atoms with Crippen LogP contribution < -0.4 is 0 Å². The van der Waals surface area contributed by atoms with E-state index in [0.717, 1.165) is 0 Å². The quantitative estimate of drug-likeness (QED) is 0.260. The molecule has 136 valence electrons. The molecular weight excluding hydrogens is 312 g/mol. The summed E-state index contributed by atoms with van der Waals surface area (Å²) in [6, 6.07) is 5.03. The van der Waals surface area contributed by atoms with Gasteiger partial charge in [-0.3, -0.25) is 0 Å². The van der Waals surface area contributed by atoms with Crippen molar-refractivity contribution in [1.29, 1.82) is 0 Å². The number of hydrogen-bond acceptors (Lipinski definition) is 1. The zero-order valence-corrected chi connectivity index (χ0v) is 18.5. The predicted molar refractivity (Wildman–Crippen MR) is 112 cm³/mol. The molecule has 0 amide bonds. The number of rotatable bonds is 16. The third-order valence-corrected chi connectivity index (χ3v) is 14.5. The standard InChI is InChI=1S/C20H42OSi2/c1-7-13-17-22(11-5,18-14-8-2)21-23(12-6,19-15-9-3)20-16-10-4/h11-12H,5-10,13-20H2,1-4H3. The van der Waals surface area contributed by atoms with E-state index < -0.39 is 16.6 Å². The van der Waals surface area contributed by atoms with Gasteiger partial charge in [-0.25, -0.2) is 0 Å². The summed E-state index contributed by atoms with van der Waals surface area (Å²) in [5, 5.41) is 0. The van der Waals surface area contributed by atoms with Crippen LogP contribution in [0.5, 0.6) is 0 Å². The minimum Gasteiger partial charge on any atom is -0.449 e.